The quantitative estimate of drug-likeness (QED) is 0.609. The fourth-order valence-corrected chi connectivity index (χ4v) is 1.92. The highest BCUT2D eigenvalue weighted by Gasteiger charge is 2.09. The van der Waals surface area contributed by atoms with Gasteiger partial charge < -0.3 is 20.7 Å². The molecule has 0 aliphatic heterocycles. The molecule has 0 atom stereocenters. The van der Waals surface area contributed by atoms with Gasteiger partial charge in [-0.05, 0) is 31.0 Å². The summed E-state index contributed by atoms with van der Waals surface area (Å²) in [5.41, 5.74) is 2.27. The van der Waals surface area contributed by atoms with Gasteiger partial charge in [0.15, 0.2) is 0 Å². The van der Waals surface area contributed by atoms with Crippen LogP contribution in [-0.2, 0) is 14.3 Å². The zero-order valence-corrected chi connectivity index (χ0v) is 13.5. The second kappa shape index (κ2) is 9.92. The first-order valence-corrected chi connectivity index (χ1v) is 7.47. The molecule has 0 saturated heterocycles. The van der Waals surface area contributed by atoms with Crippen molar-refractivity contribution in [2.24, 2.45) is 0 Å². The molecule has 22 heavy (non-hydrogen) atoms. The summed E-state index contributed by atoms with van der Waals surface area (Å²) in [6.07, 6.45) is 1.29. The summed E-state index contributed by atoms with van der Waals surface area (Å²) in [4.78, 5) is 23.5. The molecule has 0 heterocycles. The number of nitrogens with one attached hydrogen (secondary N) is 3. The van der Waals surface area contributed by atoms with Crippen molar-refractivity contribution in [2.75, 3.05) is 37.4 Å². The molecule has 0 radical (unpaired) electrons. The number of benzene rings is 1. The van der Waals surface area contributed by atoms with Gasteiger partial charge in [-0.2, -0.15) is 0 Å². The molecule has 0 unspecified atom stereocenters. The van der Waals surface area contributed by atoms with Crippen LogP contribution in [0.5, 0.6) is 0 Å². The van der Waals surface area contributed by atoms with E-state index in [-0.39, 0.29) is 18.4 Å². The maximum atomic E-state index is 11.9. The fourth-order valence-electron chi connectivity index (χ4n) is 1.92. The Morgan fingerprint density at radius 2 is 1.77 bits per heavy atom. The monoisotopic (exact) mass is 307 g/mol. The highest BCUT2D eigenvalue weighted by Crippen LogP contribution is 2.23. The second-order valence-electron chi connectivity index (χ2n) is 4.99. The van der Waals surface area contributed by atoms with E-state index in [1.54, 1.807) is 7.11 Å². The van der Waals surface area contributed by atoms with Crippen molar-refractivity contribution in [3.63, 3.8) is 0 Å². The van der Waals surface area contributed by atoms with Crippen molar-refractivity contribution in [1.82, 2.24) is 5.32 Å². The molecule has 0 saturated carbocycles. The van der Waals surface area contributed by atoms with Crippen LogP contribution in [0.15, 0.2) is 18.2 Å². The molecule has 1 aromatic carbocycles. The Bertz CT molecular complexity index is 503. The minimum Gasteiger partial charge on any atom is -0.383 e. The third kappa shape index (κ3) is 6.24. The number of carbonyl (C=O) groups is 2. The summed E-state index contributed by atoms with van der Waals surface area (Å²) in [6, 6.07) is 5.45. The van der Waals surface area contributed by atoms with Gasteiger partial charge in [-0.1, -0.05) is 13.0 Å². The lowest BCUT2D eigenvalue weighted by molar-refractivity contribution is -0.116. The van der Waals surface area contributed by atoms with Gasteiger partial charge in [0, 0.05) is 31.5 Å². The van der Waals surface area contributed by atoms with Gasteiger partial charge in [-0.25, -0.2) is 0 Å². The van der Waals surface area contributed by atoms with Crippen LogP contribution in [0.25, 0.3) is 0 Å². The molecule has 122 valence electrons. The zero-order chi connectivity index (χ0) is 16.4. The van der Waals surface area contributed by atoms with Crippen molar-refractivity contribution < 1.29 is 14.3 Å². The molecule has 6 nitrogen and oxygen atoms in total. The summed E-state index contributed by atoms with van der Waals surface area (Å²) < 4.78 is 4.90. The van der Waals surface area contributed by atoms with E-state index in [1.807, 2.05) is 32.0 Å². The van der Waals surface area contributed by atoms with Crippen LogP contribution >= 0.6 is 0 Å². The van der Waals surface area contributed by atoms with Gasteiger partial charge in [-0.3, -0.25) is 9.59 Å². The summed E-state index contributed by atoms with van der Waals surface area (Å²) in [7, 11) is 1.61. The van der Waals surface area contributed by atoms with Crippen LogP contribution in [-0.4, -0.2) is 38.6 Å². The van der Waals surface area contributed by atoms with E-state index in [0.717, 1.165) is 17.7 Å². The number of amides is 2. The number of ether oxygens (including phenoxy) is 1. The average Bonchev–Trinajstić information content (AvgIpc) is 2.48. The Labute approximate surface area is 131 Å². The molecular formula is C16H25N3O3. The molecule has 2 amide bonds. The first-order valence-electron chi connectivity index (χ1n) is 7.47. The minimum absolute atomic E-state index is 0.0182. The van der Waals surface area contributed by atoms with Crippen molar-refractivity contribution >= 4 is 23.2 Å². The van der Waals surface area contributed by atoms with Crippen molar-refractivity contribution in [3.05, 3.63) is 23.8 Å². The predicted molar refractivity (Wildman–Crippen MR) is 88.1 cm³/mol. The fraction of sp³-hybridized carbons (Fsp3) is 0.500. The molecule has 3 N–H and O–H groups in total. The number of hydrogen-bond acceptors (Lipinski definition) is 4. The number of methoxy groups -OCH3 is 1. The molecule has 0 aliphatic carbocycles. The Morgan fingerprint density at radius 3 is 2.36 bits per heavy atom. The first kappa shape index (κ1) is 18.1. The SMILES string of the molecule is CCCC(=O)Nc1cccc(NC(=O)CNCCOC)c1C. The standard InChI is InChI=1S/C16H25N3O3/c1-4-6-15(20)18-13-7-5-8-14(12(13)2)19-16(21)11-17-9-10-22-3/h5,7-8,17H,4,6,9-11H2,1-3H3,(H,18,20)(H,19,21). The second-order valence-corrected chi connectivity index (χ2v) is 4.99. The predicted octanol–water partition coefficient (Wildman–Crippen LogP) is 1.91. The highest BCUT2D eigenvalue weighted by atomic mass is 16.5. The Kier molecular flexibility index (Phi) is 8.17. The van der Waals surface area contributed by atoms with Gasteiger partial charge in [0.2, 0.25) is 11.8 Å². The van der Waals surface area contributed by atoms with Crippen LogP contribution in [0.4, 0.5) is 11.4 Å². The van der Waals surface area contributed by atoms with E-state index in [4.69, 9.17) is 4.74 Å². The van der Waals surface area contributed by atoms with Crippen LogP contribution < -0.4 is 16.0 Å². The number of rotatable bonds is 9. The van der Waals surface area contributed by atoms with E-state index in [1.165, 1.54) is 0 Å². The van der Waals surface area contributed by atoms with E-state index >= 15 is 0 Å². The normalized spacial score (nSPS) is 10.3. The lowest BCUT2D eigenvalue weighted by atomic mass is 10.1. The van der Waals surface area contributed by atoms with Gasteiger partial charge >= 0.3 is 0 Å². The molecular weight excluding hydrogens is 282 g/mol. The van der Waals surface area contributed by atoms with E-state index in [0.29, 0.717) is 25.3 Å². The smallest absolute Gasteiger partial charge is 0.238 e. The summed E-state index contributed by atoms with van der Waals surface area (Å²) in [5.74, 6) is -0.147. The molecule has 1 rings (SSSR count). The largest absolute Gasteiger partial charge is 0.383 e. The van der Waals surface area contributed by atoms with Crippen LogP contribution in [0.1, 0.15) is 25.3 Å². The van der Waals surface area contributed by atoms with Gasteiger partial charge in [0.1, 0.15) is 0 Å². The summed E-state index contributed by atoms with van der Waals surface area (Å²) in [6.45, 7) is 5.23. The maximum absolute atomic E-state index is 11.9. The molecule has 6 heteroatoms. The lowest BCUT2D eigenvalue weighted by Gasteiger charge is -2.13. The zero-order valence-electron chi connectivity index (χ0n) is 13.5. The van der Waals surface area contributed by atoms with Crippen LogP contribution in [0.3, 0.4) is 0 Å². The van der Waals surface area contributed by atoms with Gasteiger partial charge in [0.25, 0.3) is 0 Å². The number of anilines is 2. The Morgan fingerprint density at radius 1 is 1.14 bits per heavy atom. The van der Waals surface area contributed by atoms with Gasteiger partial charge in [-0.15, -0.1) is 0 Å². The lowest BCUT2D eigenvalue weighted by Crippen LogP contribution is -2.30. The Hall–Kier alpha value is -1.92. The first-order chi connectivity index (χ1) is 10.6. The average molecular weight is 307 g/mol. The molecule has 0 aromatic heterocycles. The van der Waals surface area contributed by atoms with Crippen molar-refractivity contribution in [2.45, 2.75) is 26.7 Å². The molecule has 1 aromatic rings. The van der Waals surface area contributed by atoms with Crippen LogP contribution in [0.2, 0.25) is 0 Å². The number of hydrogen-bond donors (Lipinski definition) is 3. The van der Waals surface area contributed by atoms with Crippen LogP contribution in [0, 0.1) is 6.92 Å². The van der Waals surface area contributed by atoms with Crippen molar-refractivity contribution in [1.29, 1.82) is 0 Å². The highest BCUT2D eigenvalue weighted by molar-refractivity contribution is 5.96. The summed E-state index contributed by atoms with van der Waals surface area (Å²) in [5, 5.41) is 8.68. The van der Waals surface area contributed by atoms with Gasteiger partial charge in [0.05, 0.1) is 13.2 Å². The van der Waals surface area contributed by atoms with E-state index in [2.05, 4.69) is 16.0 Å². The summed E-state index contributed by atoms with van der Waals surface area (Å²) >= 11 is 0. The molecule has 0 spiro atoms. The molecule has 0 aliphatic rings. The number of carbonyl (C=O) groups excluding carboxylic acids is 2. The third-order valence-electron chi connectivity index (χ3n) is 3.13. The van der Waals surface area contributed by atoms with Crippen molar-refractivity contribution in [3.8, 4) is 0 Å². The Balaban J connectivity index is 2.60. The minimum atomic E-state index is -0.128. The van der Waals surface area contributed by atoms with E-state index < -0.39 is 0 Å². The molecule has 0 fully saturated rings. The maximum Gasteiger partial charge on any atom is 0.238 e. The van der Waals surface area contributed by atoms with E-state index in [9.17, 15) is 9.59 Å². The molecule has 0 bridgehead atoms. The topological polar surface area (TPSA) is 79.5 Å². The third-order valence-corrected chi connectivity index (χ3v) is 3.13.